The molecule has 0 aliphatic rings. The minimum atomic E-state index is 0.568. The summed E-state index contributed by atoms with van der Waals surface area (Å²) in [4.78, 5) is 8.96. The van der Waals surface area contributed by atoms with Crippen molar-refractivity contribution in [2.75, 3.05) is 0 Å². The molecule has 0 saturated carbocycles. The number of aromatic nitrogens is 6. The molecule has 0 N–H and O–H groups in total. The fourth-order valence-electron chi connectivity index (χ4n) is 2.75. The minimum absolute atomic E-state index is 0.568. The van der Waals surface area contributed by atoms with Crippen molar-refractivity contribution in [3.05, 3.63) is 77.9 Å². The van der Waals surface area contributed by atoms with Gasteiger partial charge in [0.05, 0.1) is 12.2 Å². The average Bonchev–Trinajstić information content (AvgIpc) is 3.24. The van der Waals surface area contributed by atoms with Gasteiger partial charge in [-0.05, 0) is 37.1 Å². The van der Waals surface area contributed by atoms with E-state index >= 15 is 0 Å². The van der Waals surface area contributed by atoms with Gasteiger partial charge in [0.25, 0.3) is 0 Å². The third-order valence-electron chi connectivity index (χ3n) is 4.07. The molecule has 0 unspecified atom stereocenters. The summed E-state index contributed by atoms with van der Waals surface area (Å²) < 4.78 is 3.61. The van der Waals surface area contributed by atoms with Crippen LogP contribution in [-0.2, 0) is 6.54 Å². The molecule has 4 rings (SSSR count). The van der Waals surface area contributed by atoms with Crippen LogP contribution in [0.1, 0.15) is 17.0 Å². The maximum absolute atomic E-state index is 4.57. The lowest BCUT2D eigenvalue weighted by Gasteiger charge is -2.07. The topological polar surface area (TPSA) is 61.4 Å². The van der Waals surface area contributed by atoms with Gasteiger partial charge >= 0.3 is 0 Å². The summed E-state index contributed by atoms with van der Waals surface area (Å²) in [5, 5.41) is 9.09. The Morgan fingerprint density at radius 3 is 2.44 bits per heavy atom. The molecule has 0 spiro atoms. The van der Waals surface area contributed by atoms with Crippen molar-refractivity contribution in [3.8, 4) is 17.3 Å². The van der Waals surface area contributed by atoms with Crippen LogP contribution >= 0.6 is 0 Å². The third kappa shape index (κ3) is 3.06. The minimum Gasteiger partial charge on any atom is -0.238 e. The van der Waals surface area contributed by atoms with Gasteiger partial charge in [-0.3, -0.25) is 0 Å². The summed E-state index contributed by atoms with van der Waals surface area (Å²) in [6, 6.07) is 18.2. The second kappa shape index (κ2) is 6.32. The van der Waals surface area contributed by atoms with E-state index in [0.717, 1.165) is 5.69 Å². The second-order valence-electron chi connectivity index (χ2n) is 5.92. The Morgan fingerprint density at radius 2 is 1.64 bits per heavy atom. The van der Waals surface area contributed by atoms with E-state index in [1.165, 1.54) is 11.1 Å². The zero-order chi connectivity index (χ0) is 17.2. The van der Waals surface area contributed by atoms with Gasteiger partial charge in [0.15, 0.2) is 5.82 Å². The smallest absolute Gasteiger partial charge is 0.219 e. The van der Waals surface area contributed by atoms with Crippen LogP contribution in [0, 0.1) is 13.8 Å². The van der Waals surface area contributed by atoms with Gasteiger partial charge in [-0.15, -0.1) is 5.10 Å². The summed E-state index contributed by atoms with van der Waals surface area (Å²) in [5.41, 5.74) is 3.39. The van der Waals surface area contributed by atoms with Gasteiger partial charge in [0.2, 0.25) is 5.82 Å². The number of aryl methyl sites for hydroxylation is 2. The van der Waals surface area contributed by atoms with Crippen LogP contribution in [0.2, 0.25) is 0 Å². The fourth-order valence-corrected chi connectivity index (χ4v) is 2.75. The molecule has 2 heterocycles. The van der Waals surface area contributed by atoms with Gasteiger partial charge in [0, 0.05) is 0 Å². The van der Waals surface area contributed by atoms with Crippen LogP contribution in [0.5, 0.6) is 0 Å². The summed E-state index contributed by atoms with van der Waals surface area (Å²) in [5.74, 6) is 1.95. The van der Waals surface area contributed by atoms with Crippen molar-refractivity contribution >= 4 is 0 Å². The highest BCUT2D eigenvalue weighted by atomic mass is 15.4. The highest BCUT2D eigenvalue weighted by Gasteiger charge is 2.15. The lowest BCUT2D eigenvalue weighted by molar-refractivity contribution is 0.679. The normalized spacial score (nSPS) is 11.0. The molecule has 124 valence electrons. The Kier molecular flexibility index (Phi) is 3.85. The first kappa shape index (κ1) is 15.3. The van der Waals surface area contributed by atoms with Crippen molar-refractivity contribution in [2.24, 2.45) is 0 Å². The molecule has 6 nitrogen and oxygen atoms in total. The number of nitrogens with zero attached hydrogens (tertiary/aromatic N) is 6. The molecule has 0 atom stereocenters. The Hall–Kier alpha value is -3.28. The summed E-state index contributed by atoms with van der Waals surface area (Å²) in [6.45, 7) is 4.62. The van der Waals surface area contributed by atoms with Crippen molar-refractivity contribution in [1.82, 2.24) is 29.5 Å². The molecule has 2 aromatic heterocycles. The zero-order valence-corrected chi connectivity index (χ0v) is 14.2. The molecular weight excluding hydrogens is 312 g/mol. The molecule has 25 heavy (non-hydrogen) atoms. The van der Waals surface area contributed by atoms with Gasteiger partial charge in [-0.1, -0.05) is 42.5 Å². The maximum Gasteiger partial charge on any atom is 0.219 e. The predicted octanol–water partition coefficient (Wildman–Crippen LogP) is 3.19. The van der Waals surface area contributed by atoms with Gasteiger partial charge in [-0.2, -0.15) is 5.10 Å². The zero-order valence-electron chi connectivity index (χ0n) is 14.2. The van der Waals surface area contributed by atoms with E-state index < -0.39 is 0 Å². The molecule has 0 radical (unpaired) electrons. The molecule has 6 heteroatoms. The van der Waals surface area contributed by atoms with E-state index in [2.05, 4.69) is 39.2 Å². The largest absolute Gasteiger partial charge is 0.238 e. The first-order chi connectivity index (χ1) is 12.2. The van der Waals surface area contributed by atoms with Crippen LogP contribution in [0.25, 0.3) is 17.3 Å². The van der Waals surface area contributed by atoms with Gasteiger partial charge in [0.1, 0.15) is 12.2 Å². The Bertz CT molecular complexity index is 1000. The lowest BCUT2D eigenvalue weighted by Crippen LogP contribution is -2.06. The Morgan fingerprint density at radius 1 is 0.880 bits per heavy atom. The summed E-state index contributed by atoms with van der Waals surface area (Å²) in [7, 11) is 0. The quantitative estimate of drug-likeness (QED) is 0.576. The lowest BCUT2D eigenvalue weighted by atomic mass is 10.1. The number of rotatable bonds is 4. The van der Waals surface area contributed by atoms with E-state index in [9.17, 15) is 0 Å². The molecule has 0 saturated heterocycles. The van der Waals surface area contributed by atoms with E-state index in [1.54, 1.807) is 11.0 Å². The molecule has 4 aromatic rings. The van der Waals surface area contributed by atoms with Crippen LogP contribution in [0.3, 0.4) is 0 Å². The second-order valence-corrected chi connectivity index (χ2v) is 5.92. The van der Waals surface area contributed by atoms with Crippen molar-refractivity contribution in [3.63, 3.8) is 0 Å². The molecule has 0 bridgehead atoms. The van der Waals surface area contributed by atoms with Gasteiger partial charge in [-0.25, -0.2) is 19.3 Å². The van der Waals surface area contributed by atoms with Crippen molar-refractivity contribution < 1.29 is 0 Å². The molecule has 0 amide bonds. The monoisotopic (exact) mass is 330 g/mol. The molecule has 2 aromatic carbocycles. The molecule has 0 fully saturated rings. The Balaban J connectivity index is 1.70. The van der Waals surface area contributed by atoms with E-state index in [1.807, 2.05) is 54.1 Å². The number of para-hydroxylation sites is 1. The fraction of sp³-hybridized carbons (Fsp3) is 0.158. The molecule has 0 aliphatic carbocycles. The van der Waals surface area contributed by atoms with E-state index in [0.29, 0.717) is 24.0 Å². The van der Waals surface area contributed by atoms with Gasteiger partial charge < -0.3 is 0 Å². The van der Waals surface area contributed by atoms with Crippen LogP contribution < -0.4 is 0 Å². The summed E-state index contributed by atoms with van der Waals surface area (Å²) >= 11 is 0. The van der Waals surface area contributed by atoms with Crippen molar-refractivity contribution in [1.29, 1.82) is 0 Å². The summed E-state index contributed by atoms with van der Waals surface area (Å²) in [6.07, 6.45) is 1.70. The SMILES string of the molecule is Cc1nc(-c2ncn(-c3ccccc3)n2)n(Cc2ccccc2C)n1. The average molecular weight is 330 g/mol. The predicted molar refractivity (Wildman–Crippen MR) is 95.4 cm³/mol. The standard InChI is InChI=1S/C19H18N6/c1-14-8-6-7-9-16(14)12-24-19(21-15(2)22-24)18-20-13-25(23-18)17-10-4-3-5-11-17/h3-11,13H,12H2,1-2H3. The number of benzene rings is 2. The molecular formula is C19H18N6. The third-order valence-corrected chi connectivity index (χ3v) is 4.07. The van der Waals surface area contributed by atoms with Crippen LogP contribution in [0.15, 0.2) is 60.9 Å². The molecule has 0 aliphatic heterocycles. The highest BCUT2D eigenvalue weighted by Crippen LogP contribution is 2.17. The first-order valence-electron chi connectivity index (χ1n) is 8.14. The maximum atomic E-state index is 4.57. The number of hydrogen-bond donors (Lipinski definition) is 0. The van der Waals surface area contributed by atoms with Crippen molar-refractivity contribution in [2.45, 2.75) is 20.4 Å². The van der Waals surface area contributed by atoms with Crippen LogP contribution in [-0.4, -0.2) is 29.5 Å². The highest BCUT2D eigenvalue weighted by molar-refractivity contribution is 5.44. The van der Waals surface area contributed by atoms with E-state index in [4.69, 9.17) is 0 Å². The number of hydrogen-bond acceptors (Lipinski definition) is 4. The Labute approximate surface area is 145 Å². The van der Waals surface area contributed by atoms with Crippen LogP contribution in [0.4, 0.5) is 0 Å². The first-order valence-corrected chi connectivity index (χ1v) is 8.14. The van der Waals surface area contributed by atoms with E-state index in [-0.39, 0.29) is 0 Å².